The van der Waals surface area contributed by atoms with E-state index in [-0.39, 0.29) is 21.5 Å². The van der Waals surface area contributed by atoms with Gasteiger partial charge >= 0.3 is 6.18 Å². The first-order valence-corrected chi connectivity index (χ1v) is 11.2. The zero-order valence-corrected chi connectivity index (χ0v) is 16.1. The molecule has 0 spiro atoms. The lowest BCUT2D eigenvalue weighted by molar-refractivity contribution is -0.153. The molecule has 0 bridgehead atoms. The first-order valence-electron chi connectivity index (χ1n) is 7.49. The van der Waals surface area contributed by atoms with Crippen LogP contribution < -0.4 is 4.74 Å². The molecule has 0 amide bonds. The Morgan fingerprint density at radius 1 is 1.00 bits per heavy atom. The highest BCUT2D eigenvalue weighted by Gasteiger charge is 2.29. The number of fused-ring (bicyclic) bond motifs is 1. The number of hydrogen-bond donors (Lipinski definition) is 0. The van der Waals surface area contributed by atoms with E-state index >= 15 is 0 Å². The molecule has 2 aromatic carbocycles. The van der Waals surface area contributed by atoms with Crippen molar-refractivity contribution in [3.63, 3.8) is 0 Å². The van der Waals surface area contributed by atoms with Crippen molar-refractivity contribution in [1.82, 2.24) is 3.97 Å². The van der Waals surface area contributed by atoms with E-state index in [9.17, 15) is 30.0 Å². The van der Waals surface area contributed by atoms with Crippen molar-refractivity contribution in [2.45, 2.75) is 16.0 Å². The molecular weight excluding hydrogens is 443 g/mol. The van der Waals surface area contributed by atoms with Crippen LogP contribution >= 0.6 is 10.7 Å². The molecule has 0 radical (unpaired) electrons. The van der Waals surface area contributed by atoms with Crippen LogP contribution in [0.3, 0.4) is 0 Å². The number of nitrogens with zero attached hydrogens (tertiary/aromatic N) is 1. The van der Waals surface area contributed by atoms with Crippen LogP contribution in [-0.4, -0.2) is 33.6 Å². The summed E-state index contributed by atoms with van der Waals surface area (Å²) in [6.07, 6.45) is -3.79. The van der Waals surface area contributed by atoms with Gasteiger partial charge in [-0.05, 0) is 24.3 Å². The topological polar surface area (TPSA) is 82.4 Å². The highest BCUT2D eigenvalue weighted by Crippen LogP contribution is 2.33. The number of aromatic nitrogens is 1. The van der Waals surface area contributed by atoms with E-state index in [1.165, 1.54) is 24.3 Å². The van der Waals surface area contributed by atoms with Crippen LogP contribution in [0.25, 0.3) is 10.9 Å². The fourth-order valence-corrected chi connectivity index (χ4v) is 4.99. The van der Waals surface area contributed by atoms with Gasteiger partial charge in [0, 0.05) is 28.3 Å². The first kappa shape index (κ1) is 20.5. The fraction of sp³-hybridized carbons (Fsp3) is 0.125. The summed E-state index contributed by atoms with van der Waals surface area (Å²) in [5.41, 5.74) is -0.192. The smallest absolute Gasteiger partial charge is 0.422 e. The van der Waals surface area contributed by atoms with E-state index in [0.29, 0.717) is 3.97 Å². The molecule has 0 saturated heterocycles. The Bertz CT molecular complexity index is 1240. The second-order valence-corrected chi connectivity index (χ2v) is 9.98. The number of hydrogen-bond acceptors (Lipinski definition) is 5. The fourth-order valence-electron chi connectivity index (χ4n) is 2.50. The molecule has 28 heavy (non-hydrogen) atoms. The number of alkyl halides is 3. The molecule has 1 aromatic heterocycles. The standard InChI is InChI=1S/C16H11ClF3NO5S2/c17-27(22,23)15-9-21(28(24,25)12-4-2-1-3-5-12)14-8-11(6-7-13(14)15)26-10-16(18,19)20/h1-9H,10H2. The van der Waals surface area contributed by atoms with E-state index in [4.69, 9.17) is 10.7 Å². The quantitative estimate of drug-likeness (QED) is 0.549. The normalized spacial score (nSPS) is 13.0. The molecule has 0 N–H and O–H groups in total. The van der Waals surface area contributed by atoms with Crippen LogP contribution in [0.4, 0.5) is 13.2 Å². The van der Waals surface area contributed by atoms with Gasteiger partial charge < -0.3 is 4.74 Å². The van der Waals surface area contributed by atoms with Crippen molar-refractivity contribution in [3.05, 3.63) is 54.7 Å². The molecule has 1 heterocycles. The summed E-state index contributed by atoms with van der Waals surface area (Å²) >= 11 is 0. The molecule has 150 valence electrons. The minimum Gasteiger partial charge on any atom is -0.484 e. The lowest BCUT2D eigenvalue weighted by Gasteiger charge is -2.11. The summed E-state index contributed by atoms with van der Waals surface area (Å²) in [7, 11) is -3.19. The van der Waals surface area contributed by atoms with E-state index in [1.54, 1.807) is 6.07 Å². The molecule has 0 saturated carbocycles. The van der Waals surface area contributed by atoms with Crippen LogP contribution in [0.15, 0.2) is 64.5 Å². The van der Waals surface area contributed by atoms with Crippen molar-refractivity contribution in [2.75, 3.05) is 6.61 Å². The average Bonchev–Trinajstić information content (AvgIpc) is 3.00. The van der Waals surface area contributed by atoms with Gasteiger partial charge in [-0.25, -0.2) is 20.8 Å². The van der Waals surface area contributed by atoms with Crippen LogP contribution in [0, 0.1) is 0 Å². The molecule has 0 fully saturated rings. The predicted molar refractivity (Wildman–Crippen MR) is 95.6 cm³/mol. The largest absolute Gasteiger partial charge is 0.484 e. The lowest BCUT2D eigenvalue weighted by Crippen LogP contribution is -2.19. The Morgan fingerprint density at radius 3 is 2.21 bits per heavy atom. The van der Waals surface area contributed by atoms with E-state index in [0.717, 1.165) is 24.4 Å². The molecular formula is C16H11ClF3NO5S2. The molecule has 3 aromatic rings. The average molecular weight is 454 g/mol. The second kappa shape index (κ2) is 6.98. The maximum atomic E-state index is 12.9. The van der Waals surface area contributed by atoms with Gasteiger partial charge in [0.15, 0.2) is 6.61 Å². The summed E-state index contributed by atoms with van der Waals surface area (Å²) in [6.45, 7) is -1.59. The Balaban J connectivity index is 2.23. The highest BCUT2D eigenvalue weighted by molar-refractivity contribution is 8.14. The summed E-state index contributed by atoms with van der Waals surface area (Å²) in [4.78, 5) is -0.641. The van der Waals surface area contributed by atoms with Gasteiger partial charge in [0.2, 0.25) is 0 Å². The number of ether oxygens (including phenoxy) is 1. The summed E-state index contributed by atoms with van der Waals surface area (Å²) in [6, 6.07) is 10.3. The molecule has 0 aliphatic carbocycles. The van der Waals surface area contributed by atoms with Crippen LogP contribution in [0.5, 0.6) is 5.75 Å². The van der Waals surface area contributed by atoms with Crippen LogP contribution in [-0.2, 0) is 19.1 Å². The van der Waals surface area contributed by atoms with Gasteiger partial charge in [-0.3, -0.25) is 0 Å². The van der Waals surface area contributed by atoms with Crippen molar-refractivity contribution in [3.8, 4) is 5.75 Å². The molecule has 12 heteroatoms. The van der Waals surface area contributed by atoms with Crippen LogP contribution in [0.2, 0.25) is 0 Å². The van der Waals surface area contributed by atoms with E-state index in [2.05, 4.69) is 4.74 Å². The molecule has 0 atom stereocenters. The van der Waals surface area contributed by atoms with E-state index < -0.39 is 36.8 Å². The minimum absolute atomic E-state index is 0.0751. The SMILES string of the molecule is O=S(=O)(Cl)c1cn(S(=O)(=O)c2ccccc2)c2cc(OCC(F)(F)F)ccc12. The van der Waals surface area contributed by atoms with Gasteiger partial charge in [-0.2, -0.15) is 13.2 Å². The third kappa shape index (κ3) is 4.10. The summed E-state index contributed by atoms with van der Waals surface area (Å²) in [5, 5.41) is -0.0751. The first-order chi connectivity index (χ1) is 12.9. The Kier molecular flexibility index (Phi) is 5.11. The molecule has 0 unspecified atom stereocenters. The predicted octanol–water partition coefficient (Wildman–Crippen LogP) is 3.75. The van der Waals surface area contributed by atoms with Crippen LogP contribution in [0.1, 0.15) is 0 Å². The second-order valence-electron chi connectivity index (χ2n) is 5.63. The number of halogens is 4. The van der Waals surface area contributed by atoms with E-state index in [1.807, 2.05) is 0 Å². The van der Waals surface area contributed by atoms with Gasteiger partial charge in [0.05, 0.1) is 10.4 Å². The third-order valence-electron chi connectivity index (χ3n) is 3.67. The molecule has 3 rings (SSSR count). The Hall–Kier alpha value is -2.24. The maximum absolute atomic E-state index is 12.9. The molecule has 0 aliphatic rings. The van der Waals surface area contributed by atoms with Crippen molar-refractivity contribution >= 4 is 40.7 Å². The summed E-state index contributed by atoms with van der Waals surface area (Å²) in [5.74, 6) is -0.286. The number of rotatable bonds is 5. The molecule has 0 aliphatic heterocycles. The number of benzene rings is 2. The highest BCUT2D eigenvalue weighted by atomic mass is 35.7. The Morgan fingerprint density at radius 2 is 1.64 bits per heavy atom. The maximum Gasteiger partial charge on any atom is 0.422 e. The monoisotopic (exact) mass is 453 g/mol. The van der Waals surface area contributed by atoms with Crippen molar-refractivity contribution in [2.24, 2.45) is 0 Å². The van der Waals surface area contributed by atoms with Crippen molar-refractivity contribution in [1.29, 1.82) is 0 Å². The van der Waals surface area contributed by atoms with Gasteiger partial charge in [-0.15, -0.1) is 0 Å². The molecule has 6 nitrogen and oxygen atoms in total. The van der Waals surface area contributed by atoms with Gasteiger partial charge in [0.25, 0.3) is 19.1 Å². The van der Waals surface area contributed by atoms with Gasteiger partial charge in [0.1, 0.15) is 10.6 Å². The summed E-state index contributed by atoms with van der Waals surface area (Å²) < 4.78 is 92.0. The van der Waals surface area contributed by atoms with Gasteiger partial charge in [-0.1, -0.05) is 18.2 Å². The lowest BCUT2D eigenvalue weighted by atomic mass is 10.2. The zero-order valence-electron chi connectivity index (χ0n) is 13.7. The Labute approximate surface area is 162 Å². The van der Waals surface area contributed by atoms with Crippen molar-refractivity contribution < 1.29 is 34.7 Å². The minimum atomic E-state index is -4.60. The third-order valence-corrected chi connectivity index (χ3v) is 6.71. The zero-order chi connectivity index (χ0) is 20.7.